The quantitative estimate of drug-likeness (QED) is 0.138. The molecule has 2 aromatic carbocycles. The maximum atomic E-state index is 12.5. The van der Waals surface area contributed by atoms with Gasteiger partial charge in [-0.15, -0.1) is 0 Å². The Morgan fingerprint density at radius 2 is 1.79 bits per heavy atom. The van der Waals surface area contributed by atoms with Gasteiger partial charge in [-0.1, -0.05) is 30.3 Å². The summed E-state index contributed by atoms with van der Waals surface area (Å²) in [4.78, 5) is 48.2. The molecule has 1 aliphatic rings. The van der Waals surface area contributed by atoms with E-state index in [4.69, 9.17) is 0 Å². The number of hydrogen-bond donors (Lipinski definition) is 3. The number of nitro groups is 2. The Morgan fingerprint density at radius 1 is 1.08 bits per heavy atom. The zero-order valence-electron chi connectivity index (χ0n) is 20.3. The minimum atomic E-state index is -4.19. The fourth-order valence-electron chi connectivity index (χ4n) is 3.61. The van der Waals surface area contributed by atoms with E-state index in [0.717, 1.165) is 17.7 Å². The number of non-ortho nitro benzene ring substituents is 1. The highest BCUT2D eigenvalue weighted by Gasteiger charge is 2.28. The molecule has 1 aliphatic heterocycles. The molecule has 0 radical (unpaired) electrons. The highest BCUT2D eigenvalue weighted by atomic mass is 32.2. The lowest BCUT2D eigenvalue weighted by Crippen LogP contribution is -2.33. The second-order valence-electron chi connectivity index (χ2n) is 8.19. The van der Waals surface area contributed by atoms with Gasteiger partial charge in [0.15, 0.2) is 15.6 Å². The minimum absolute atomic E-state index is 0.00500. The lowest BCUT2D eigenvalue weighted by atomic mass is 10.1. The second-order valence-corrected chi connectivity index (χ2v) is 10.1. The van der Waals surface area contributed by atoms with E-state index < -0.39 is 47.9 Å². The normalized spacial score (nSPS) is 13.4. The molecular formula is C23H24N6O9S. The van der Waals surface area contributed by atoms with Crippen molar-refractivity contribution in [3.05, 3.63) is 86.0 Å². The van der Waals surface area contributed by atoms with E-state index in [1.807, 2.05) is 0 Å². The number of hydrogen-bond acceptors (Lipinski definition) is 11. The smallest absolute Gasteiger partial charge is 0.413 e. The van der Waals surface area contributed by atoms with Gasteiger partial charge in [0.2, 0.25) is 0 Å². The van der Waals surface area contributed by atoms with Gasteiger partial charge in [-0.25, -0.2) is 13.2 Å². The van der Waals surface area contributed by atoms with Crippen LogP contribution in [0.1, 0.15) is 11.1 Å². The second kappa shape index (κ2) is 12.8. The fourth-order valence-corrected chi connectivity index (χ4v) is 4.88. The number of amidine groups is 1. The summed E-state index contributed by atoms with van der Waals surface area (Å²) in [6, 6.07) is 9.38. The third-order valence-corrected chi connectivity index (χ3v) is 7.05. The van der Waals surface area contributed by atoms with E-state index in [-0.39, 0.29) is 18.9 Å². The molecule has 0 unspecified atom stereocenters. The van der Waals surface area contributed by atoms with Gasteiger partial charge in [0.25, 0.3) is 11.4 Å². The number of nitro benzene ring substituents is 2. The number of amides is 1. The van der Waals surface area contributed by atoms with Gasteiger partial charge in [-0.3, -0.25) is 40.2 Å². The molecule has 206 valence electrons. The summed E-state index contributed by atoms with van der Waals surface area (Å²) in [5, 5.41) is 36.8. The number of sulfone groups is 1. The summed E-state index contributed by atoms with van der Waals surface area (Å²) < 4.78 is 25.0. The Hall–Kier alpha value is -4.54. The maximum absolute atomic E-state index is 12.5. The number of benzene rings is 2. The molecule has 39 heavy (non-hydrogen) atoms. The van der Waals surface area contributed by atoms with Gasteiger partial charge < -0.3 is 10.4 Å². The largest absolute Gasteiger partial charge is 0.465 e. The van der Waals surface area contributed by atoms with E-state index in [2.05, 4.69) is 15.6 Å². The average molecular weight is 561 g/mol. The zero-order chi connectivity index (χ0) is 28.6. The standard InChI is InChI=1S/C23H24N6O9S/c30-19(14-25-13-16-3-5-17(6-4-16)22-26-10-11-27(22)23(31)32)2-1-9-24-15-39(37,38)21-8-7-18(28(33)34)12-20(21)29(35)36/h1-8,12,24-25H,9-11,13-15H2,(H,31,32). The molecule has 15 nitrogen and oxygen atoms in total. The van der Waals surface area contributed by atoms with Crippen molar-refractivity contribution in [1.82, 2.24) is 15.5 Å². The molecule has 1 heterocycles. The van der Waals surface area contributed by atoms with Crippen LogP contribution in [0.15, 0.2) is 64.5 Å². The van der Waals surface area contributed by atoms with Gasteiger partial charge in [0.1, 0.15) is 16.6 Å². The average Bonchev–Trinajstić information content (AvgIpc) is 3.39. The van der Waals surface area contributed by atoms with E-state index >= 15 is 0 Å². The topological polar surface area (TPSA) is 214 Å². The van der Waals surface area contributed by atoms with Crippen molar-refractivity contribution >= 4 is 38.9 Å². The molecule has 0 aliphatic carbocycles. The highest BCUT2D eigenvalue weighted by molar-refractivity contribution is 7.91. The highest BCUT2D eigenvalue weighted by Crippen LogP contribution is 2.28. The molecule has 0 atom stereocenters. The van der Waals surface area contributed by atoms with E-state index in [0.29, 0.717) is 37.1 Å². The van der Waals surface area contributed by atoms with Crippen LogP contribution in [-0.2, 0) is 21.2 Å². The number of rotatable bonds is 13. The Kier molecular flexibility index (Phi) is 9.53. The summed E-state index contributed by atoms with van der Waals surface area (Å²) in [5.41, 5.74) is 0.0392. The maximum Gasteiger partial charge on any atom is 0.413 e. The van der Waals surface area contributed by atoms with E-state index in [9.17, 15) is 43.3 Å². The summed E-state index contributed by atoms with van der Waals surface area (Å²) in [6.45, 7) is 1.08. The molecule has 0 saturated carbocycles. The predicted molar refractivity (Wildman–Crippen MR) is 138 cm³/mol. The van der Waals surface area contributed by atoms with Crippen LogP contribution in [0.4, 0.5) is 16.2 Å². The van der Waals surface area contributed by atoms with Crippen molar-refractivity contribution < 1.29 is 33.0 Å². The van der Waals surface area contributed by atoms with Crippen molar-refractivity contribution in [2.24, 2.45) is 4.99 Å². The first-order valence-corrected chi connectivity index (χ1v) is 13.1. The first kappa shape index (κ1) is 29.0. The van der Waals surface area contributed by atoms with Crippen LogP contribution >= 0.6 is 0 Å². The number of aliphatic imine (C=N–C) groups is 1. The zero-order valence-corrected chi connectivity index (χ0v) is 21.2. The van der Waals surface area contributed by atoms with Crippen LogP contribution in [-0.4, -0.2) is 78.0 Å². The molecular weight excluding hydrogens is 536 g/mol. The van der Waals surface area contributed by atoms with Gasteiger partial charge in [-0.05, 0) is 17.7 Å². The van der Waals surface area contributed by atoms with Crippen LogP contribution in [0.5, 0.6) is 0 Å². The lowest BCUT2D eigenvalue weighted by molar-refractivity contribution is -0.396. The molecule has 3 N–H and O–H groups in total. The SMILES string of the molecule is O=C(C=CCNCS(=O)(=O)c1ccc([N+](=O)[O-])cc1[N+](=O)[O-])CNCc1ccc(C2=NCCN2C(=O)O)cc1. The Bertz CT molecular complexity index is 1440. The predicted octanol–water partition coefficient (Wildman–Crippen LogP) is 1.48. The first-order valence-electron chi connectivity index (χ1n) is 11.4. The number of carbonyl (C=O) groups excluding carboxylic acids is 1. The van der Waals surface area contributed by atoms with Crippen molar-refractivity contribution in [3.8, 4) is 0 Å². The lowest BCUT2D eigenvalue weighted by Gasteiger charge is -2.14. The van der Waals surface area contributed by atoms with Crippen molar-refractivity contribution in [2.75, 3.05) is 32.1 Å². The molecule has 0 bridgehead atoms. The van der Waals surface area contributed by atoms with Gasteiger partial charge >= 0.3 is 6.09 Å². The molecule has 0 aromatic heterocycles. The van der Waals surface area contributed by atoms with Crippen LogP contribution in [0.2, 0.25) is 0 Å². The molecule has 0 saturated heterocycles. The molecule has 1 amide bonds. The van der Waals surface area contributed by atoms with Crippen LogP contribution in [0.3, 0.4) is 0 Å². The van der Waals surface area contributed by atoms with Crippen LogP contribution < -0.4 is 10.6 Å². The Labute approximate surface area is 222 Å². The summed E-state index contributed by atoms with van der Waals surface area (Å²) >= 11 is 0. The first-order chi connectivity index (χ1) is 18.5. The van der Waals surface area contributed by atoms with Crippen molar-refractivity contribution in [2.45, 2.75) is 11.4 Å². The van der Waals surface area contributed by atoms with E-state index in [1.54, 1.807) is 24.3 Å². The Morgan fingerprint density at radius 3 is 2.44 bits per heavy atom. The van der Waals surface area contributed by atoms with Crippen LogP contribution in [0.25, 0.3) is 0 Å². The van der Waals surface area contributed by atoms with Crippen molar-refractivity contribution in [1.29, 1.82) is 0 Å². The summed E-state index contributed by atoms with van der Waals surface area (Å²) in [5.74, 6) is -0.566. The third kappa shape index (κ3) is 7.73. The van der Waals surface area contributed by atoms with Gasteiger partial charge in [-0.2, -0.15) is 0 Å². The number of carbonyl (C=O) groups is 2. The third-order valence-electron chi connectivity index (χ3n) is 5.46. The number of nitrogens with zero attached hydrogens (tertiary/aromatic N) is 4. The van der Waals surface area contributed by atoms with Crippen LogP contribution in [0, 0.1) is 20.2 Å². The molecule has 0 fully saturated rings. The summed E-state index contributed by atoms with van der Waals surface area (Å²) in [6.07, 6.45) is 1.59. The minimum Gasteiger partial charge on any atom is -0.465 e. The molecule has 0 spiro atoms. The van der Waals surface area contributed by atoms with Crippen molar-refractivity contribution in [3.63, 3.8) is 0 Å². The molecule has 3 rings (SSSR count). The summed E-state index contributed by atoms with van der Waals surface area (Å²) in [7, 11) is -4.19. The van der Waals surface area contributed by atoms with Gasteiger partial charge in [0, 0.05) is 24.7 Å². The number of carboxylic acid groups (broad SMARTS) is 1. The van der Waals surface area contributed by atoms with Gasteiger partial charge in [0.05, 0.1) is 35.5 Å². The monoisotopic (exact) mass is 560 g/mol. The van der Waals surface area contributed by atoms with E-state index in [1.165, 1.54) is 17.1 Å². The molecule has 2 aromatic rings. The Balaban J connectivity index is 1.43. The number of ketones is 1. The fraction of sp³-hybridized carbons (Fsp3) is 0.261. The number of nitrogens with one attached hydrogen (secondary N) is 2. The molecule has 16 heteroatoms.